The molecular weight excluding hydrogens is 414 g/mol. The van der Waals surface area contributed by atoms with Crippen LogP contribution in [0, 0.1) is 0 Å². The highest BCUT2D eigenvalue weighted by Gasteiger charge is 2.25. The van der Waals surface area contributed by atoms with Crippen molar-refractivity contribution < 1.29 is 28.5 Å². The van der Waals surface area contributed by atoms with Crippen LogP contribution < -0.4 is 24.3 Å². The second-order valence-electron chi connectivity index (χ2n) is 5.95. The van der Waals surface area contributed by atoms with Crippen molar-refractivity contribution in [3.05, 3.63) is 35.4 Å². The van der Waals surface area contributed by atoms with Crippen molar-refractivity contribution in [1.29, 1.82) is 0 Å². The van der Waals surface area contributed by atoms with Crippen molar-refractivity contribution >= 4 is 34.7 Å². The number of nitrogens with one attached hydrogen (secondary N) is 1. The average Bonchev–Trinajstić information content (AvgIpc) is 2.72. The number of anilines is 1. The average molecular weight is 436 g/mol. The van der Waals surface area contributed by atoms with Crippen LogP contribution in [0.2, 0.25) is 5.02 Å². The van der Waals surface area contributed by atoms with Crippen LogP contribution in [0.15, 0.2) is 40.6 Å². The van der Waals surface area contributed by atoms with Crippen molar-refractivity contribution in [2.24, 2.45) is 10.2 Å². The monoisotopic (exact) mass is 435 g/mol. The van der Waals surface area contributed by atoms with Crippen LogP contribution in [0.4, 0.5) is 11.4 Å². The fraction of sp³-hybridized carbons (Fsp3) is 0.300. The molecule has 1 amide bonds. The van der Waals surface area contributed by atoms with E-state index in [1.807, 2.05) is 0 Å². The number of rotatable bonds is 9. The predicted octanol–water partition coefficient (Wildman–Crippen LogP) is 4.05. The molecule has 30 heavy (non-hydrogen) atoms. The molecule has 0 aliphatic carbocycles. The van der Waals surface area contributed by atoms with Crippen molar-refractivity contribution in [2.45, 2.75) is 13.0 Å². The predicted molar refractivity (Wildman–Crippen MR) is 112 cm³/mol. The Balaban J connectivity index is 2.29. The van der Waals surface area contributed by atoms with Gasteiger partial charge in [-0.3, -0.25) is 9.59 Å². The van der Waals surface area contributed by atoms with Crippen LogP contribution in [0.3, 0.4) is 0 Å². The van der Waals surface area contributed by atoms with Crippen LogP contribution in [0.1, 0.15) is 6.92 Å². The number of ketones is 1. The lowest BCUT2D eigenvalue weighted by Gasteiger charge is -2.15. The molecule has 1 atom stereocenters. The highest BCUT2D eigenvalue weighted by atomic mass is 35.5. The highest BCUT2D eigenvalue weighted by molar-refractivity contribution is 6.31. The summed E-state index contributed by atoms with van der Waals surface area (Å²) in [6.07, 6.45) is 0. The Morgan fingerprint density at radius 3 is 2.17 bits per heavy atom. The van der Waals surface area contributed by atoms with Crippen LogP contribution >= 0.6 is 11.6 Å². The molecule has 0 saturated carbocycles. The van der Waals surface area contributed by atoms with Crippen molar-refractivity contribution in [1.82, 2.24) is 0 Å². The summed E-state index contributed by atoms with van der Waals surface area (Å²) in [7, 11) is 5.85. The number of hydrogen-bond donors (Lipinski definition) is 1. The van der Waals surface area contributed by atoms with E-state index in [-0.39, 0.29) is 11.4 Å². The standard InChI is InChI=1S/C20H22ClN3O6/c1-11(25)18(24-23-13-6-7-15(27-2)16(10-13)28-3)20(26)22-14-8-12(21)9-17(29-4)19(14)30-5/h6-10,18H,1-5H3,(H,22,26). The molecule has 0 spiro atoms. The van der Waals surface area contributed by atoms with Crippen molar-refractivity contribution in [2.75, 3.05) is 33.8 Å². The molecule has 160 valence electrons. The second-order valence-corrected chi connectivity index (χ2v) is 6.38. The summed E-state index contributed by atoms with van der Waals surface area (Å²) in [5, 5.41) is 10.8. The van der Waals surface area contributed by atoms with Gasteiger partial charge in [-0.05, 0) is 25.1 Å². The maximum Gasteiger partial charge on any atom is 0.258 e. The van der Waals surface area contributed by atoms with Gasteiger partial charge in [0.2, 0.25) is 6.04 Å². The number of halogens is 1. The second kappa shape index (κ2) is 10.4. The van der Waals surface area contributed by atoms with Crippen LogP contribution in [-0.2, 0) is 9.59 Å². The Labute approximate surface area is 178 Å². The lowest BCUT2D eigenvalue weighted by Crippen LogP contribution is -2.32. The van der Waals surface area contributed by atoms with E-state index in [2.05, 4.69) is 15.5 Å². The van der Waals surface area contributed by atoms with Crippen LogP contribution in [0.5, 0.6) is 23.0 Å². The van der Waals surface area contributed by atoms with E-state index < -0.39 is 17.7 Å². The molecule has 0 fully saturated rings. The van der Waals surface area contributed by atoms with Gasteiger partial charge in [0.1, 0.15) is 0 Å². The first-order valence-electron chi connectivity index (χ1n) is 8.70. The lowest BCUT2D eigenvalue weighted by atomic mass is 10.2. The lowest BCUT2D eigenvalue weighted by molar-refractivity contribution is -0.126. The summed E-state index contributed by atoms with van der Waals surface area (Å²) < 4.78 is 20.8. The van der Waals surface area contributed by atoms with Gasteiger partial charge in [-0.25, -0.2) is 0 Å². The SMILES string of the molecule is COc1ccc(N=NC(C(C)=O)C(=O)Nc2cc(Cl)cc(OC)c2OC)cc1OC. The molecule has 9 nitrogen and oxygen atoms in total. The summed E-state index contributed by atoms with van der Waals surface area (Å²) in [6.45, 7) is 1.24. The zero-order chi connectivity index (χ0) is 22.3. The Morgan fingerprint density at radius 2 is 1.60 bits per heavy atom. The minimum absolute atomic E-state index is 0.236. The smallest absolute Gasteiger partial charge is 0.258 e. The van der Waals surface area contributed by atoms with E-state index in [1.54, 1.807) is 18.2 Å². The Morgan fingerprint density at radius 1 is 0.933 bits per heavy atom. The van der Waals surface area contributed by atoms with Gasteiger partial charge in [-0.15, -0.1) is 0 Å². The number of carbonyl (C=O) groups excluding carboxylic acids is 2. The third kappa shape index (κ3) is 5.38. The van der Waals surface area contributed by atoms with Crippen molar-refractivity contribution in [3.8, 4) is 23.0 Å². The molecule has 2 aromatic carbocycles. The Kier molecular flexibility index (Phi) is 7.99. The van der Waals surface area contributed by atoms with E-state index in [1.165, 1.54) is 47.5 Å². The van der Waals surface area contributed by atoms with Gasteiger partial charge in [-0.2, -0.15) is 10.2 Å². The number of hydrogen-bond acceptors (Lipinski definition) is 8. The number of nitrogens with zero attached hydrogens (tertiary/aromatic N) is 2. The maximum atomic E-state index is 12.7. The maximum absolute atomic E-state index is 12.7. The first-order valence-corrected chi connectivity index (χ1v) is 9.08. The summed E-state index contributed by atoms with van der Waals surface area (Å²) in [6, 6.07) is 6.46. The fourth-order valence-corrected chi connectivity index (χ4v) is 2.76. The topological polar surface area (TPSA) is 108 Å². The highest BCUT2D eigenvalue weighted by Crippen LogP contribution is 2.38. The van der Waals surface area contributed by atoms with Gasteiger partial charge >= 0.3 is 0 Å². The number of amides is 1. The number of Topliss-reactive ketones (excluding diaryl/α,β-unsaturated/α-hetero) is 1. The van der Waals surface area contributed by atoms with Crippen LogP contribution in [-0.4, -0.2) is 46.2 Å². The molecular formula is C20H22ClN3O6. The molecule has 0 heterocycles. The zero-order valence-electron chi connectivity index (χ0n) is 17.2. The van der Waals surface area contributed by atoms with Gasteiger partial charge in [0.05, 0.1) is 39.8 Å². The third-order valence-corrected chi connectivity index (χ3v) is 4.21. The molecule has 0 aromatic heterocycles. The molecule has 0 bridgehead atoms. The number of carbonyl (C=O) groups is 2. The van der Waals surface area contributed by atoms with E-state index in [4.69, 9.17) is 30.5 Å². The molecule has 10 heteroatoms. The molecule has 0 saturated heterocycles. The summed E-state index contributed by atoms with van der Waals surface area (Å²) in [4.78, 5) is 24.7. The van der Waals surface area contributed by atoms with Gasteiger partial charge < -0.3 is 24.3 Å². The van der Waals surface area contributed by atoms with E-state index in [9.17, 15) is 9.59 Å². The number of methoxy groups -OCH3 is 4. The summed E-state index contributed by atoms with van der Waals surface area (Å²) in [5.41, 5.74) is 0.619. The summed E-state index contributed by atoms with van der Waals surface area (Å²) in [5.74, 6) is 0.341. The van der Waals surface area contributed by atoms with Gasteiger partial charge in [0.15, 0.2) is 28.8 Å². The molecule has 0 aliphatic rings. The normalized spacial score (nSPS) is 11.7. The first kappa shape index (κ1) is 23.0. The first-order chi connectivity index (χ1) is 14.3. The number of ether oxygens (including phenoxy) is 4. The minimum atomic E-state index is -1.38. The van der Waals surface area contributed by atoms with Gasteiger partial charge in [0, 0.05) is 17.2 Å². The molecule has 2 aromatic rings. The molecule has 0 aliphatic heterocycles. The van der Waals surface area contributed by atoms with E-state index in [0.717, 1.165) is 0 Å². The van der Waals surface area contributed by atoms with Gasteiger partial charge in [0.25, 0.3) is 5.91 Å². The van der Waals surface area contributed by atoms with E-state index in [0.29, 0.717) is 28.0 Å². The molecule has 2 rings (SSSR count). The Hall–Kier alpha value is -3.33. The fourth-order valence-electron chi connectivity index (χ4n) is 2.55. The molecule has 0 radical (unpaired) electrons. The molecule has 1 unspecified atom stereocenters. The van der Waals surface area contributed by atoms with E-state index >= 15 is 0 Å². The number of azo groups is 1. The largest absolute Gasteiger partial charge is 0.493 e. The summed E-state index contributed by atoms with van der Waals surface area (Å²) >= 11 is 6.06. The third-order valence-electron chi connectivity index (χ3n) is 3.99. The quantitative estimate of drug-likeness (QED) is 0.470. The minimum Gasteiger partial charge on any atom is -0.493 e. The molecule has 1 N–H and O–H groups in total. The number of benzene rings is 2. The Bertz CT molecular complexity index is 964. The van der Waals surface area contributed by atoms with Crippen LogP contribution in [0.25, 0.3) is 0 Å². The van der Waals surface area contributed by atoms with Crippen molar-refractivity contribution in [3.63, 3.8) is 0 Å². The van der Waals surface area contributed by atoms with Gasteiger partial charge in [-0.1, -0.05) is 11.6 Å². The zero-order valence-corrected chi connectivity index (χ0v) is 17.9.